The van der Waals surface area contributed by atoms with Crippen LogP contribution in [0.5, 0.6) is 0 Å². The summed E-state index contributed by atoms with van der Waals surface area (Å²) in [5.41, 5.74) is 0. The number of amides is 4. The minimum Gasteiger partial charge on any atom is -0.338 e. The lowest BCUT2D eigenvalue weighted by Gasteiger charge is -2.31. The van der Waals surface area contributed by atoms with Crippen LogP contribution in [0.4, 0.5) is 4.79 Å². The van der Waals surface area contributed by atoms with Gasteiger partial charge in [-0.2, -0.15) is 0 Å². The molecule has 0 spiro atoms. The minimum absolute atomic E-state index is 0.0646. The highest BCUT2D eigenvalue weighted by Crippen LogP contribution is 2.04. The molecule has 16 heavy (non-hydrogen) atoms. The van der Waals surface area contributed by atoms with E-state index in [1.54, 1.807) is 6.92 Å². The van der Waals surface area contributed by atoms with E-state index in [9.17, 15) is 14.4 Å². The van der Waals surface area contributed by atoms with Gasteiger partial charge in [-0.15, -0.1) is 0 Å². The molecule has 0 aromatic carbocycles. The Hall–Kier alpha value is -1.59. The monoisotopic (exact) mass is 227 g/mol. The Morgan fingerprint density at radius 1 is 1.56 bits per heavy atom. The first-order valence-corrected chi connectivity index (χ1v) is 5.44. The average Bonchev–Trinajstić information content (AvgIpc) is 2.23. The van der Waals surface area contributed by atoms with Crippen molar-refractivity contribution in [1.29, 1.82) is 0 Å². The number of carbonyl (C=O) groups is 3. The summed E-state index contributed by atoms with van der Waals surface area (Å²) in [6.07, 6.45) is 1.86. The van der Waals surface area contributed by atoms with E-state index in [-0.39, 0.29) is 12.6 Å². The number of nitrogens with one attached hydrogen (secondary N) is 2. The summed E-state index contributed by atoms with van der Waals surface area (Å²) < 4.78 is 0. The number of nitrogens with zero attached hydrogens (tertiary/aromatic N) is 1. The van der Waals surface area contributed by atoms with Crippen LogP contribution in [0.2, 0.25) is 0 Å². The predicted octanol–water partition coefficient (Wildman–Crippen LogP) is -0.157. The van der Waals surface area contributed by atoms with E-state index in [1.807, 2.05) is 6.92 Å². The molecule has 0 aromatic rings. The number of hydrogen-bond acceptors (Lipinski definition) is 3. The predicted molar refractivity (Wildman–Crippen MR) is 57.6 cm³/mol. The van der Waals surface area contributed by atoms with Gasteiger partial charge >= 0.3 is 6.03 Å². The van der Waals surface area contributed by atoms with E-state index in [0.717, 1.165) is 12.8 Å². The van der Waals surface area contributed by atoms with Gasteiger partial charge in [0, 0.05) is 6.54 Å². The summed E-state index contributed by atoms with van der Waals surface area (Å²) in [4.78, 5) is 35.3. The van der Waals surface area contributed by atoms with Crippen LogP contribution in [-0.4, -0.2) is 41.9 Å². The van der Waals surface area contributed by atoms with Gasteiger partial charge in [0.1, 0.15) is 12.6 Å². The fourth-order valence-electron chi connectivity index (χ4n) is 1.44. The molecule has 1 aliphatic heterocycles. The SMILES string of the molecule is CCCCNC(=O)N1CC(=O)NC(=O)C1C. The lowest BCUT2D eigenvalue weighted by Crippen LogP contribution is -2.60. The fraction of sp³-hybridized carbons (Fsp3) is 0.700. The molecule has 1 fully saturated rings. The zero-order valence-electron chi connectivity index (χ0n) is 9.58. The Bertz CT molecular complexity index is 304. The maximum atomic E-state index is 11.7. The van der Waals surface area contributed by atoms with Crippen LogP contribution >= 0.6 is 0 Å². The number of urea groups is 1. The van der Waals surface area contributed by atoms with Crippen molar-refractivity contribution in [3.05, 3.63) is 0 Å². The van der Waals surface area contributed by atoms with Gasteiger partial charge in [0.25, 0.3) is 0 Å². The summed E-state index contributed by atoms with van der Waals surface area (Å²) in [7, 11) is 0. The molecule has 0 saturated carbocycles. The van der Waals surface area contributed by atoms with Crippen molar-refractivity contribution in [2.24, 2.45) is 0 Å². The van der Waals surface area contributed by atoms with Gasteiger partial charge in [-0.05, 0) is 13.3 Å². The molecule has 1 atom stereocenters. The van der Waals surface area contributed by atoms with Gasteiger partial charge in [-0.3, -0.25) is 14.9 Å². The number of piperazine rings is 1. The topological polar surface area (TPSA) is 78.5 Å². The minimum atomic E-state index is -0.598. The second-order valence-corrected chi connectivity index (χ2v) is 3.80. The van der Waals surface area contributed by atoms with Crippen LogP contribution in [0.3, 0.4) is 0 Å². The normalized spacial score (nSPS) is 20.6. The Balaban J connectivity index is 2.53. The van der Waals surface area contributed by atoms with E-state index in [2.05, 4.69) is 10.6 Å². The van der Waals surface area contributed by atoms with Gasteiger partial charge in [0.15, 0.2) is 0 Å². The summed E-state index contributed by atoms with van der Waals surface area (Å²) in [6.45, 7) is 4.12. The fourth-order valence-corrected chi connectivity index (χ4v) is 1.44. The molecule has 0 aromatic heterocycles. The van der Waals surface area contributed by atoms with E-state index in [0.29, 0.717) is 6.54 Å². The Morgan fingerprint density at radius 3 is 2.88 bits per heavy atom. The number of rotatable bonds is 3. The highest BCUT2D eigenvalue weighted by Gasteiger charge is 2.33. The first kappa shape index (κ1) is 12.5. The molecule has 1 unspecified atom stereocenters. The summed E-state index contributed by atoms with van der Waals surface area (Å²) >= 11 is 0. The summed E-state index contributed by atoms with van der Waals surface area (Å²) in [6, 6.07) is -0.955. The van der Waals surface area contributed by atoms with Crippen molar-refractivity contribution in [3.63, 3.8) is 0 Å². The quantitative estimate of drug-likeness (QED) is 0.519. The zero-order chi connectivity index (χ0) is 12.1. The number of imide groups is 1. The first-order chi connectivity index (χ1) is 7.56. The molecule has 1 aliphatic rings. The number of unbranched alkanes of at least 4 members (excludes halogenated alkanes) is 1. The van der Waals surface area contributed by atoms with Crippen molar-refractivity contribution in [1.82, 2.24) is 15.5 Å². The van der Waals surface area contributed by atoms with Crippen LogP contribution in [0.25, 0.3) is 0 Å². The average molecular weight is 227 g/mol. The third-order valence-electron chi connectivity index (χ3n) is 2.49. The molecule has 6 nitrogen and oxygen atoms in total. The van der Waals surface area contributed by atoms with Gasteiger partial charge in [0.05, 0.1) is 0 Å². The highest BCUT2D eigenvalue weighted by atomic mass is 16.2. The zero-order valence-corrected chi connectivity index (χ0v) is 9.58. The molecule has 1 saturated heterocycles. The van der Waals surface area contributed by atoms with Crippen molar-refractivity contribution < 1.29 is 14.4 Å². The molecule has 90 valence electrons. The van der Waals surface area contributed by atoms with Crippen molar-refractivity contribution >= 4 is 17.8 Å². The molecule has 1 rings (SSSR count). The van der Waals surface area contributed by atoms with Crippen LogP contribution in [-0.2, 0) is 9.59 Å². The summed E-state index contributed by atoms with van der Waals surface area (Å²) in [5.74, 6) is -0.865. The van der Waals surface area contributed by atoms with Gasteiger partial charge in [-0.25, -0.2) is 4.79 Å². The van der Waals surface area contributed by atoms with Crippen molar-refractivity contribution in [3.8, 4) is 0 Å². The van der Waals surface area contributed by atoms with Crippen LogP contribution < -0.4 is 10.6 Å². The third kappa shape index (κ3) is 2.95. The molecule has 0 aliphatic carbocycles. The molecule has 6 heteroatoms. The van der Waals surface area contributed by atoms with Crippen LogP contribution in [0.1, 0.15) is 26.7 Å². The third-order valence-corrected chi connectivity index (χ3v) is 2.49. The molecule has 1 heterocycles. The van der Waals surface area contributed by atoms with Gasteiger partial charge in [0.2, 0.25) is 11.8 Å². The maximum absolute atomic E-state index is 11.7. The van der Waals surface area contributed by atoms with Crippen molar-refractivity contribution in [2.45, 2.75) is 32.7 Å². The smallest absolute Gasteiger partial charge is 0.318 e. The van der Waals surface area contributed by atoms with Crippen LogP contribution in [0.15, 0.2) is 0 Å². The highest BCUT2D eigenvalue weighted by molar-refractivity contribution is 6.03. The molecular weight excluding hydrogens is 210 g/mol. The first-order valence-electron chi connectivity index (χ1n) is 5.44. The van der Waals surface area contributed by atoms with Gasteiger partial charge < -0.3 is 10.2 Å². The number of hydrogen-bond donors (Lipinski definition) is 2. The largest absolute Gasteiger partial charge is 0.338 e. The standard InChI is InChI=1S/C10H17N3O3/c1-3-4-5-11-10(16)13-6-8(14)12-9(15)7(13)2/h7H,3-6H2,1-2H3,(H,11,16)(H,12,14,15). The van der Waals surface area contributed by atoms with E-state index >= 15 is 0 Å². The molecule has 4 amide bonds. The Labute approximate surface area is 94.4 Å². The summed E-state index contributed by atoms with van der Waals surface area (Å²) in [5, 5.41) is 4.86. The van der Waals surface area contributed by atoms with Crippen molar-refractivity contribution in [2.75, 3.05) is 13.1 Å². The van der Waals surface area contributed by atoms with E-state index in [4.69, 9.17) is 0 Å². The lowest BCUT2D eigenvalue weighted by molar-refractivity contribution is -0.137. The van der Waals surface area contributed by atoms with E-state index in [1.165, 1.54) is 4.90 Å². The van der Waals surface area contributed by atoms with E-state index < -0.39 is 17.9 Å². The molecule has 0 bridgehead atoms. The molecule has 2 N–H and O–H groups in total. The lowest BCUT2D eigenvalue weighted by atomic mass is 10.2. The number of carbonyl (C=O) groups excluding carboxylic acids is 3. The Morgan fingerprint density at radius 2 is 2.25 bits per heavy atom. The second kappa shape index (κ2) is 5.48. The van der Waals surface area contributed by atoms with Crippen LogP contribution in [0, 0.1) is 0 Å². The van der Waals surface area contributed by atoms with Gasteiger partial charge in [-0.1, -0.05) is 13.3 Å². The molecule has 0 radical (unpaired) electrons. The maximum Gasteiger partial charge on any atom is 0.318 e. The Kier molecular flexibility index (Phi) is 4.28. The second-order valence-electron chi connectivity index (χ2n) is 3.80. The molecular formula is C10H17N3O3.